The van der Waals surface area contributed by atoms with Gasteiger partial charge in [-0.25, -0.2) is 4.98 Å². The van der Waals surface area contributed by atoms with Gasteiger partial charge in [0.25, 0.3) is 5.91 Å². The summed E-state index contributed by atoms with van der Waals surface area (Å²) in [4.78, 5) is 29.4. The van der Waals surface area contributed by atoms with Crippen LogP contribution in [0.15, 0.2) is 29.2 Å². The number of thiocarbonyl (C=S) groups is 1. The number of thioether (sulfide) groups is 1. The number of hydrazine groups is 1. The molecule has 2 amide bonds. The van der Waals surface area contributed by atoms with E-state index in [1.165, 1.54) is 0 Å². The summed E-state index contributed by atoms with van der Waals surface area (Å²) in [6.07, 6.45) is 3.77. The van der Waals surface area contributed by atoms with Gasteiger partial charge in [-0.2, -0.15) is 5.01 Å². The number of hydrogen-bond donors (Lipinski definition) is 1. The third kappa shape index (κ3) is 3.59. The molecular formula is C17H18N4O2S2. The Bertz CT molecular complexity index is 888. The van der Waals surface area contributed by atoms with E-state index in [2.05, 4.69) is 10.4 Å². The minimum atomic E-state index is -0.327. The Morgan fingerprint density at radius 3 is 2.88 bits per heavy atom. The molecule has 8 heteroatoms. The zero-order valence-electron chi connectivity index (χ0n) is 14.0. The molecule has 0 aliphatic carbocycles. The molecule has 0 spiro atoms. The van der Waals surface area contributed by atoms with Gasteiger partial charge in [-0.3, -0.25) is 15.0 Å². The second-order valence-electron chi connectivity index (χ2n) is 5.67. The van der Waals surface area contributed by atoms with Gasteiger partial charge >= 0.3 is 0 Å². The van der Waals surface area contributed by atoms with Gasteiger partial charge < -0.3 is 4.57 Å². The van der Waals surface area contributed by atoms with Gasteiger partial charge in [0.2, 0.25) is 5.91 Å². The second-order valence-corrected chi connectivity index (χ2v) is 7.35. The van der Waals surface area contributed by atoms with E-state index in [4.69, 9.17) is 12.2 Å². The summed E-state index contributed by atoms with van der Waals surface area (Å²) >= 11 is 6.39. The number of nitrogens with zero attached hydrogens (tertiary/aromatic N) is 3. The minimum absolute atomic E-state index is 0.206. The van der Waals surface area contributed by atoms with Crippen LogP contribution in [0, 0.1) is 0 Å². The van der Waals surface area contributed by atoms with Crippen LogP contribution in [0.1, 0.15) is 32.0 Å². The molecule has 2 heterocycles. The summed E-state index contributed by atoms with van der Waals surface area (Å²) in [5.74, 6) is 0.132. The number of carbonyl (C=O) groups excluding carboxylic acids is 2. The van der Waals surface area contributed by atoms with Crippen LogP contribution in [-0.2, 0) is 16.6 Å². The van der Waals surface area contributed by atoms with Crippen LogP contribution in [0.5, 0.6) is 0 Å². The fraction of sp³-hybridized carbons (Fsp3) is 0.294. The van der Waals surface area contributed by atoms with E-state index in [1.54, 1.807) is 6.08 Å². The number of fused-ring (bicyclic) bond motifs is 1. The Morgan fingerprint density at radius 1 is 1.40 bits per heavy atom. The molecule has 1 fully saturated rings. The molecule has 1 aliphatic heterocycles. The predicted molar refractivity (Wildman–Crippen MR) is 103 cm³/mol. The van der Waals surface area contributed by atoms with Gasteiger partial charge in [-0.15, -0.1) is 0 Å². The van der Waals surface area contributed by atoms with Crippen molar-refractivity contribution < 1.29 is 9.59 Å². The first-order valence-corrected chi connectivity index (χ1v) is 9.22. The summed E-state index contributed by atoms with van der Waals surface area (Å²) < 4.78 is 2.24. The van der Waals surface area contributed by atoms with Crippen molar-refractivity contribution in [2.75, 3.05) is 0 Å². The van der Waals surface area contributed by atoms with Crippen LogP contribution >= 0.6 is 24.0 Å². The molecule has 0 radical (unpaired) electrons. The number of carbonyl (C=O) groups is 2. The third-order valence-electron chi connectivity index (χ3n) is 3.87. The highest BCUT2D eigenvalue weighted by molar-refractivity contribution is 8.26. The highest BCUT2D eigenvalue weighted by Gasteiger charge is 2.33. The molecule has 1 aromatic carbocycles. The SMILES string of the molecule is CCCCC(=O)NN1C(=O)/C(=C\c2nc3ccccc3n2C)SC1=S. The Labute approximate surface area is 155 Å². The lowest BCUT2D eigenvalue weighted by Crippen LogP contribution is -2.44. The van der Waals surface area contributed by atoms with E-state index in [9.17, 15) is 9.59 Å². The Kier molecular flexibility index (Phi) is 5.19. The Hall–Kier alpha value is -2.19. The zero-order valence-corrected chi connectivity index (χ0v) is 15.6. The number of imidazole rings is 1. The van der Waals surface area contributed by atoms with Crippen molar-refractivity contribution in [2.45, 2.75) is 26.2 Å². The van der Waals surface area contributed by atoms with Crippen molar-refractivity contribution in [3.8, 4) is 0 Å². The van der Waals surface area contributed by atoms with Gasteiger partial charge in [0, 0.05) is 19.5 Å². The first kappa shape index (κ1) is 17.6. The van der Waals surface area contributed by atoms with Gasteiger partial charge in [0.15, 0.2) is 4.32 Å². The van der Waals surface area contributed by atoms with E-state index >= 15 is 0 Å². The van der Waals surface area contributed by atoms with Gasteiger partial charge in [0.05, 0.1) is 15.9 Å². The lowest BCUT2D eigenvalue weighted by atomic mass is 10.2. The highest BCUT2D eigenvalue weighted by atomic mass is 32.2. The summed E-state index contributed by atoms with van der Waals surface area (Å²) in [6.45, 7) is 2.01. The smallest absolute Gasteiger partial charge is 0.285 e. The molecular weight excluding hydrogens is 356 g/mol. The van der Waals surface area contributed by atoms with Crippen LogP contribution in [0.2, 0.25) is 0 Å². The molecule has 3 rings (SSSR count). The first-order chi connectivity index (χ1) is 12.0. The largest absolute Gasteiger partial charge is 0.328 e. The normalized spacial score (nSPS) is 16.2. The molecule has 25 heavy (non-hydrogen) atoms. The summed E-state index contributed by atoms with van der Waals surface area (Å²) in [6, 6.07) is 7.76. The maximum atomic E-state index is 12.6. The fourth-order valence-electron chi connectivity index (χ4n) is 2.49. The molecule has 1 saturated heterocycles. The number of nitrogens with one attached hydrogen (secondary N) is 1. The average Bonchev–Trinajstić information content (AvgIpc) is 3.05. The average molecular weight is 374 g/mol. The van der Waals surface area contributed by atoms with Crippen molar-refractivity contribution >= 4 is 57.2 Å². The summed E-state index contributed by atoms with van der Waals surface area (Å²) in [5, 5.41) is 1.15. The molecule has 0 atom stereocenters. The topological polar surface area (TPSA) is 67.2 Å². The standard InChI is InChI=1S/C17H18N4O2S2/c1-3-4-9-15(22)19-21-16(23)13(25-17(21)24)10-14-18-11-7-5-6-8-12(11)20(14)2/h5-8,10H,3-4,9H2,1-2H3,(H,19,22)/b13-10+. The number of amides is 2. The number of para-hydroxylation sites is 2. The van der Waals surface area contributed by atoms with E-state index in [0.29, 0.717) is 21.5 Å². The highest BCUT2D eigenvalue weighted by Crippen LogP contribution is 2.31. The van der Waals surface area contributed by atoms with Crippen molar-refractivity contribution in [1.82, 2.24) is 20.0 Å². The Balaban J connectivity index is 1.82. The van der Waals surface area contributed by atoms with Crippen LogP contribution in [0.3, 0.4) is 0 Å². The number of aromatic nitrogens is 2. The summed E-state index contributed by atoms with van der Waals surface area (Å²) in [5.41, 5.74) is 4.43. The number of aryl methyl sites for hydroxylation is 1. The second kappa shape index (κ2) is 7.37. The lowest BCUT2D eigenvalue weighted by Gasteiger charge is -2.15. The van der Waals surface area contributed by atoms with Crippen LogP contribution in [0.25, 0.3) is 17.1 Å². The number of unbranched alkanes of at least 4 members (excludes halogenated alkanes) is 1. The van der Waals surface area contributed by atoms with Gasteiger partial charge in [-0.05, 0) is 30.8 Å². The molecule has 0 unspecified atom stereocenters. The monoisotopic (exact) mass is 374 g/mol. The van der Waals surface area contributed by atoms with Gasteiger partial charge in [0.1, 0.15) is 5.82 Å². The van der Waals surface area contributed by atoms with Gasteiger partial charge in [-0.1, -0.05) is 37.2 Å². The zero-order chi connectivity index (χ0) is 18.0. The molecule has 2 aromatic rings. The molecule has 0 bridgehead atoms. The maximum absolute atomic E-state index is 12.6. The number of rotatable bonds is 5. The van der Waals surface area contributed by atoms with Crippen LogP contribution in [0.4, 0.5) is 0 Å². The predicted octanol–water partition coefficient (Wildman–Crippen LogP) is 3.00. The van der Waals surface area contributed by atoms with Crippen molar-refractivity contribution in [2.24, 2.45) is 7.05 Å². The van der Waals surface area contributed by atoms with E-state index in [0.717, 1.165) is 40.6 Å². The minimum Gasteiger partial charge on any atom is -0.328 e. The maximum Gasteiger partial charge on any atom is 0.285 e. The third-order valence-corrected chi connectivity index (χ3v) is 5.17. The molecule has 1 aliphatic rings. The number of hydrogen-bond acceptors (Lipinski definition) is 5. The Morgan fingerprint density at radius 2 is 2.16 bits per heavy atom. The van der Waals surface area contributed by atoms with Crippen LogP contribution < -0.4 is 5.43 Å². The van der Waals surface area contributed by atoms with Crippen molar-refractivity contribution in [1.29, 1.82) is 0 Å². The van der Waals surface area contributed by atoms with E-state index in [-0.39, 0.29) is 11.8 Å². The lowest BCUT2D eigenvalue weighted by molar-refractivity contribution is -0.133. The quantitative estimate of drug-likeness (QED) is 0.644. The molecule has 0 saturated carbocycles. The first-order valence-electron chi connectivity index (χ1n) is 8.00. The molecule has 6 nitrogen and oxygen atoms in total. The van der Waals surface area contributed by atoms with Crippen molar-refractivity contribution in [3.05, 3.63) is 35.0 Å². The molecule has 1 N–H and O–H groups in total. The molecule has 1 aromatic heterocycles. The van der Waals surface area contributed by atoms with Crippen molar-refractivity contribution in [3.63, 3.8) is 0 Å². The summed E-state index contributed by atoms with van der Waals surface area (Å²) in [7, 11) is 1.90. The van der Waals surface area contributed by atoms with E-state index < -0.39 is 0 Å². The fourth-order valence-corrected chi connectivity index (χ4v) is 3.64. The number of benzene rings is 1. The van der Waals surface area contributed by atoms with Crippen LogP contribution in [-0.4, -0.2) is 30.7 Å². The van der Waals surface area contributed by atoms with E-state index in [1.807, 2.05) is 42.8 Å². The molecule has 130 valence electrons.